The molecule has 0 aliphatic heterocycles. The number of hydrogen-bond donors (Lipinski definition) is 1. The molecule has 0 bridgehead atoms. The molecule has 1 aromatic heterocycles. The van der Waals surface area contributed by atoms with Crippen LogP contribution in [0.15, 0.2) is 12.1 Å². The number of ether oxygens (including phenoxy) is 1. The van der Waals surface area contributed by atoms with Crippen molar-refractivity contribution in [3.8, 4) is 0 Å². The number of aromatic amines is 1. The van der Waals surface area contributed by atoms with Gasteiger partial charge >= 0.3 is 5.97 Å². The van der Waals surface area contributed by atoms with Crippen LogP contribution < -0.4 is 0 Å². The highest BCUT2D eigenvalue weighted by molar-refractivity contribution is 6.42. The van der Waals surface area contributed by atoms with Gasteiger partial charge in [-0.15, -0.1) is 0 Å². The van der Waals surface area contributed by atoms with Gasteiger partial charge in [0.05, 0.1) is 27.7 Å². The summed E-state index contributed by atoms with van der Waals surface area (Å²) in [6, 6.07) is 3.22. The normalized spacial score (nSPS) is 10.7. The molecule has 4 nitrogen and oxygen atoms in total. The van der Waals surface area contributed by atoms with E-state index in [0.29, 0.717) is 27.7 Å². The van der Waals surface area contributed by atoms with Crippen molar-refractivity contribution in [1.29, 1.82) is 0 Å². The zero-order valence-electron chi connectivity index (χ0n) is 8.38. The molecule has 6 heteroatoms. The van der Waals surface area contributed by atoms with Crippen molar-refractivity contribution in [2.75, 3.05) is 6.61 Å². The Morgan fingerprint density at radius 1 is 1.44 bits per heavy atom. The van der Waals surface area contributed by atoms with Gasteiger partial charge in [0.1, 0.15) is 0 Å². The summed E-state index contributed by atoms with van der Waals surface area (Å²) in [5.41, 5.74) is 1.23. The summed E-state index contributed by atoms with van der Waals surface area (Å²) in [6.45, 7) is 2.03. The van der Waals surface area contributed by atoms with Crippen LogP contribution in [0.2, 0.25) is 10.0 Å². The molecular formula is C10H8Cl2N2O2. The molecule has 0 radical (unpaired) electrons. The number of nitrogens with one attached hydrogen (secondary N) is 1. The zero-order valence-corrected chi connectivity index (χ0v) is 9.89. The number of esters is 1. The van der Waals surface area contributed by atoms with Gasteiger partial charge in [-0.25, -0.2) is 9.78 Å². The SMILES string of the molecule is CCOC(=O)c1nc2cc(Cl)c(Cl)cc2[nH]1. The number of nitrogens with zero attached hydrogens (tertiary/aromatic N) is 1. The predicted molar refractivity (Wildman–Crippen MR) is 62.1 cm³/mol. The lowest BCUT2D eigenvalue weighted by atomic mass is 10.3. The van der Waals surface area contributed by atoms with E-state index in [0.717, 1.165) is 0 Å². The molecule has 0 aliphatic carbocycles. The number of carbonyl (C=O) groups is 1. The van der Waals surface area contributed by atoms with Crippen molar-refractivity contribution in [2.24, 2.45) is 0 Å². The molecule has 1 heterocycles. The first-order valence-electron chi connectivity index (χ1n) is 4.63. The molecule has 16 heavy (non-hydrogen) atoms. The second kappa shape index (κ2) is 4.31. The molecule has 1 aromatic carbocycles. The van der Waals surface area contributed by atoms with Gasteiger partial charge in [-0.1, -0.05) is 23.2 Å². The zero-order chi connectivity index (χ0) is 11.7. The van der Waals surface area contributed by atoms with Crippen LogP contribution in [0.1, 0.15) is 17.5 Å². The van der Waals surface area contributed by atoms with Crippen molar-refractivity contribution in [3.63, 3.8) is 0 Å². The van der Waals surface area contributed by atoms with Crippen LogP contribution in [-0.2, 0) is 4.74 Å². The lowest BCUT2D eigenvalue weighted by molar-refractivity contribution is 0.0514. The molecule has 84 valence electrons. The van der Waals surface area contributed by atoms with Crippen LogP contribution in [0.3, 0.4) is 0 Å². The van der Waals surface area contributed by atoms with Gasteiger partial charge < -0.3 is 9.72 Å². The molecule has 0 fully saturated rings. The molecule has 0 amide bonds. The molecule has 0 spiro atoms. The summed E-state index contributed by atoms with van der Waals surface area (Å²) in [4.78, 5) is 18.3. The molecule has 0 unspecified atom stereocenters. The molecule has 2 rings (SSSR count). The maximum atomic E-state index is 11.4. The van der Waals surface area contributed by atoms with Gasteiger partial charge in [0.25, 0.3) is 0 Å². The molecule has 0 atom stereocenters. The van der Waals surface area contributed by atoms with E-state index < -0.39 is 5.97 Å². The van der Waals surface area contributed by atoms with Crippen molar-refractivity contribution in [1.82, 2.24) is 9.97 Å². The second-order valence-electron chi connectivity index (χ2n) is 3.09. The predicted octanol–water partition coefficient (Wildman–Crippen LogP) is 3.05. The van der Waals surface area contributed by atoms with Gasteiger partial charge in [-0.2, -0.15) is 0 Å². The fourth-order valence-electron chi connectivity index (χ4n) is 1.30. The van der Waals surface area contributed by atoms with Crippen molar-refractivity contribution >= 4 is 40.2 Å². The summed E-state index contributed by atoms with van der Waals surface area (Å²) >= 11 is 11.7. The first kappa shape index (κ1) is 11.2. The van der Waals surface area contributed by atoms with Gasteiger partial charge in [-0.05, 0) is 19.1 Å². The quantitative estimate of drug-likeness (QED) is 0.843. The number of benzene rings is 1. The van der Waals surface area contributed by atoms with Gasteiger partial charge in [0, 0.05) is 0 Å². The Labute approximate surface area is 102 Å². The summed E-state index contributed by atoms with van der Waals surface area (Å²) in [5, 5.41) is 0.810. The minimum Gasteiger partial charge on any atom is -0.460 e. The van der Waals surface area contributed by atoms with E-state index >= 15 is 0 Å². The number of aromatic nitrogens is 2. The summed E-state index contributed by atoms with van der Waals surface area (Å²) in [5.74, 6) is -0.346. The minimum absolute atomic E-state index is 0.148. The Balaban J connectivity index is 2.48. The summed E-state index contributed by atoms with van der Waals surface area (Å²) in [6.07, 6.45) is 0. The molecule has 2 aromatic rings. The Kier molecular flexibility index (Phi) is 3.03. The molecule has 0 saturated carbocycles. The number of fused-ring (bicyclic) bond motifs is 1. The van der Waals surface area contributed by atoms with Gasteiger partial charge in [0.15, 0.2) is 0 Å². The maximum Gasteiger partial charge on any atom is 0.374 e. The smallest absolute Gasteiger partial charge is 0.374 e. The fourth-order valence-corrected chi connectivity index (χ4v) is 1.62. The summed E-state index contributed by atoms with van der Waals surface area (Å²) in [7, 11) is 0. The second-order valence-corrected chi connectivity index (χ2v) is 3.90. The average molecular weight is 259 g/mol. The highest BCUT2D eigenvalue weighted by atomic mass is 35.5. The third-order valence-electron chi connectivity index (χ3n) is 1.99. The first-order valence-corrected chi connectivity index (χ1v) is 5.39. The monoisotopic (exact) mass is 258 g/mol. The van der Waals surface area contributed by atoms with E-state index in [1.165, 1.54) is 0 Å². The Morgan fingerprint density at radius 2 is 2.12 bits per heavy atom. The lowest BCUT2D eigenvalue weighted by Gasteiger charge is -1.95. The van der Waals surface area contributed by atoms with Crippen molar-refractivity contribution in [3.05, 3.63) is 28.0 Å². The number of H-pyrrole nitrogens is 1. The number of carbonyl (C=O) groups excluding carboxylic acids is 1. The highest BCUT2D eigenvalue weighted by Gasteiger charge is 2.13. The van der Waals surface area contributed by atoms with E-state index in [4.69, 9.17) is 27.9 Å². The first-order chi connectivity index (χ1) is 7.61. The van der Waals surface area contributed by atoms with E-state index in [1.54, 1.807) is 19.1 Å². The highest BCUT2D eigenvalue weighted by Crippen LogP contribution is 2.26. The maximum absolute atomic E-state index is 11.4. The number of imidazole rings is 1. The number of rotatable bonds is 2. The van der Waals surface area contributed by atoms with E-state index in [2.05, 4.69) is 9.97 Å². The van der Waals surface area contributed by atoms with E-state index in [-0.39, 0.29) is 5.82 Å². The minimum atomic E-state index is -0.494. The van der Waals surface area contributed by atoms with Gasteiger partial charge in [0.2, 0.25) is 5.82 Å². The van der Waals surface area contributed by atoms with Crippen molar-refractivity contribution < 1.29 is 9.53 Å². The van der Waals surface area contributed by atoms with Crippen LogP contribution in [0.5, 0.6) is 0 Å². The number of halogens is 2. The standard InChI is InChI=1S/C10H8Cl2N2O2/c1-2-16-10(15)9-13-7-3-5(11)6(12)4-8(7)14-9/h3-4H,2H2,1H3,(H,13,14). The molecule has 0 aliphatic rings. The largest absolute Gasteiger partial charge is 0.460 e. The lowest BCUT2D eigenvalue weighted by Crippen LogP contribution is -2.06. The average Bonchev–Trinajstić information content (AvgIpc) is 2.62. The van der Waals surface area contributed by atoms with Crippen LogP contribution in [0, 0.1) is 0 Å². The molecule has 1 N–H and O–H groups in total. The third kappa shape index (κ3) is 1.99. The topological polar surface area (TPSA) is 55.0 Å². The van der Waals surface area contributed by atoms with E-state index in [1.807, 2.05) is 0 Å². The Hall–Kier alpha value is -1.26. The van der Waals surface area contributed by atoms with E-state index in [9.17, 15) is 4.79 Å². The van der Waals surface area contributed by atoms with Crippen LogP contribution in [0.4, 0.5) is 0 Å². The molecule has 0 saturated heterocycles. The van der Waals surface area contributed by atoms with Gasteiger partial charge in [-0.3, -0.25) is 0 Å². The fraction of sp³-hybridized carbons (Fsp3) is 0.200. The van der Waals surface area contributed by atoms with Crippen LogP contribution in [-0.4, -0.2) is 22.5 Å². The Morgan fingerprint density at radius 3 is 2.81 bits per heavy atom. The van der Waals surface area contributed by atoms with Crippen LogP contribution in [0.25, 0.3) is 11.0 Å². The van der Waals surface area contributed by atoms with Crippen molar-refractivity contribution in [2.45, 2.75) is 6.92 Å². The summed E-state index contributed by atoms with van der Waals surface area (Å²) < 4.78 is 4.82. The number of hydrogen-bond acceptors (Lipinski definition) is 3. The Bertz CT molecular complexity index is 512. The third-order valence-corrected chi connectivity index (χ3v) is 2.71. The molecular weight excluding hydrogens is 251 g/mol. The van der Waals surface area contributed by atoms with Crippen LogP contribution >= 0.6 is 23.2 Å².